The fraction of sp³-hybridized carbons (Fsp3) is 0.833. The summed E-state index contributed by atoms with van der Waals surface area (Å²) in [5, 5.41) is 11.9. The highest BCUT2D eigenvalue weighted by atomic mass is 16.4. The van der Waals surface area contributed by atoms with Crippen LogP contribution in [0.4, 0.5) is 0 Å². The molecule has 2 N–H and O–H groups in total. The van der Waals surface area contributed by atoms with E-state index in [-0.39, 0.29) is 6.42 Å². The Balaban J connectivity index is 1.86. The highest BCUT2D eigenvalue weighted by molar-refractivity contribution is 5.64. The van der Waals surface area contributed by atoms with E-state index in [1.54, 1.807) is 0 Å². The van der Waals surface area contributed by atoms with Gasteiger partial charge in [-0.25, -0.2) is 0 Å². The molecule has 0 aliphatic heterocycles. The molecule has 9 heavy (non-hydrogen) atoms. The molecule has 1 fully saturated rings. The van der Waals surface area contributed by atoms with Gasteiger partial charge >= 0.3 is 0 Å². The number of carbonyl (C=O) groups excluding carboxylic acids is 1. The molecular weight excluding hydrogens is 118 g/mol. The maximum Gasteiger partial charge on any atom is 0.0863 e. The third-order valence-electron chi connectivity index (χ3n) is 1.47. The van der Waals surface area contributed by atoms with Crippen molar-refractivity contribution in [2.45, 2.75) is 25.3 Å². The fourth-order valence-corrected chi connectivity index (χ4v) is 0.769. The Hall–Kier alpha value is -0.570. The summed E-state index contributed by atoms with van der Waals surface area (Å²) in [7, 11) is 0. The summed E-state index contributed by atoms with van der Waals surface area (Å²) in [4.78, 5) is 9.87. The first-order valence-electron chi connectivity index (χ1n) is 3.32. The number of carboxylic acids is 1. The number of carboxylic acid groups (broad SMARTS) is 1. The Bertz CT molecular complexity index is 110. The minimum absolute atomic E-state index is 0.191. The van der Waals surface area contributed by atoms with Gasteiger partial charge in [0.25, 0.3) is 0 Å². The van der Waals surface area contributed by atoms with Crippen LogP contribution in [0.5, 0.6) is 0 Å². The van der Waals surface area contributed by atoms with E-state index in [2.05, 4.69) is 5.32 Å². The predicted molar refractivity (Wildman–Crippen MR) is 29.4 cm³/mol. The van der Waals surface area contributed by atoms with Gasteiger partial charge in [-0.15, -0.1) is 0 Å². The van der Waals surface area contributed by atoms with Gasteiger partial charge in [0.05, 0.1) is 12.6 Å². The van der Waals surface area contributed by atoms with Crippen molar-refractivity contribution in [3.63, 3.8) is 0 Å². The van der Waals surface area contributed by atoms with Gasteiger partial charge in [0, 0.05) is 25.2 Å². The second kappa shape index (κ2) is 2.82. The SMILES string of the molecule is O=C([O-])CC[NH2+]C1CC1. The number of aliphatic carboxylic acids is 1. The molecule has 0 bridgehead atoms. The van der Waals surface area contributed by atoms with Crippen LogP contribution in [-0.4, -0.2) is 18.6 Å². The molecule has 0 spiro atoms. The highest BCUT2D eigenvalue weighted by Crippen LogP contribution is 2.13. The monoisotopic (exact) mass is 129 g/mol. The van der Waals surface area contributed by atoms with E-state index in [1.807, 2.05) is 0 Å². The van der Waals surface area contributed by atoms with Crippen LogP contribution in [0.15, 0.2) is 0 Å². The molecule has 1 saturated carbocycles. The van der Waals surface area contributed by atoms with Crippen molar-refractivity contribution in [3.05, 3.63) is 0 Å². The van der Waals surface area contributed by atoms with Crippen molar-refractivity contribution in [1.82, 2.24) is 0 Å². The summed E-state index contributed by atoms with van der Waals surface area (Å²) in [6, 6.07) is 0.726. The van der Waals surface area contributed by atoms with Gasteiger partial charge < -0.3 is 15.2 Å². The molecule has 1 aliphatic carbocycles. The first kappa shape index (κ1) is 6.55. The zero-order valence-electron chi connectivity index (χ0n) is 5.30. The number of hydrogen-bond donors (Lipinski definition) is 1. The third-order valence-corrected chi connectivity index (χ3v) is 1.47. The molecule has 0 aromatic carbocycles. The predicted octanol–water partition coefficient (Wildman–Crippen LogP) is -2.15. The summed E-state index contributed by atoms with van der Waals surface area (Å²) >= 11 is 0. The fourth-order valence-electron chi connectivity index (χ4n) is 0.769. The maximum absolute atomic E-state index is 9.87. The summed E-state index contributed by atoms with van der Waals surface area (Å²) in [6.45, 7) is 0.687. The summed E-state index contributed by atoms with van der Waals surface area (Å²) in [6.07, 6.45) is 2.70. The second-order valence-electron chi connectivity index (χ2n) is 2.48. The topological polar surface area (TPSA) is 56.7 Å². The molecule has 1 aliphatic rings. The van der Waals surface area contributed by atoms with Crippen LogP contribution in [0.3, 0.4) is 0 Å². The Labute approximate surface area is 54.1 Å². The molecule has 0 saturated heterocycles. The standard InChI is InChI=1S/C6H11NO2/c8-6(9)3-4-7-5-1-2-5/h5,7H,1-4H2,(H,8,9). The number of rotatable bonds is 4. The van der Waals surface area contributed by atoms with Crippen molar-refractivity contribution < 1.29 is 15.2 Å². The van der Waals surface area contributed by atoms with Crippen LogP contribution < -0.4 is 10.4 Å². The summed E-state index contributed by atoms with van der Waals surface area (Å²) in [5.74, 6) is -0.938. The van der Waals surface area contributed by atoms with Crippen LogP contribution in [0.2, 0.25) is 0 Å². The Morgan fingerprint density at radius 1 is 1.67 bits per heavy atom. The van der Waals surface area contributed by atoms with Gasteiger partial charge in [-0.3, -0.25) is 0 Å². The lowest BCUT2D eigenvalue weighted by Gasteiger charge is -1.98. The molecule has 0 atom stereocenters. The molecular formula is C6H11NO2. The van der Waals surface area contributed by atoms with Crippen LogP contribution in [0.25, 0.3) is 0 Å². The summed E-state index contributed by atoms with van der Waals surface area (Å²) in [5.41, 5.74) is 0. The van der Waals surface area contributed by atoms with Crippen LogP contribution in [-0.2, 0) is 4.79 Å². The largest absolute Gasteiger partial charge is 0.550 e. The average molecular weight is 129 g/mol. The molecule has 0 amide bonds. The smallest absolute Gasteiger partial charge is 0.0863 e. The zero-order chi connectivity index (χ0) is 6.69. The van der Waals surface area contributed by atoms with E-state index >= 15 is 0 Å². The van der Waals surface area contributed by atoms with Gasteiger partial charge in [0.15, 0.2) is 0 Å². The summed E-state index contributed by atoms with van der Waals surface area (Å²) < 4.78 is 0. The van der Waals surface area contributed by atoms with E-state index < -0.39 is 5.97 Å². The Kier molecular flexibility index (Phi) is 2.05. The molecule has 3 heteroatoms. The lowest BCUT2D eigenvalue weighted by molar-refractivity contribution is -0.667. The first-order chi connectivity index (χ1) is 4.29. The van der Waals surface area contributed by atoms with E-state index in [0.29, 0.717) is 6.54 Å². The maximum atomic E-state index is 9.87. The molecule has 0 radical (unpaired) electrons. The van der Waals surface area contributed by atoms with E-state index in [9.17, 15) is 9.90 Å². The average Bonchev–Trinajstić information content (AvgIpc) is 2.48. The van der Waals surface area contributed by atoms with E-state index in [1.165, 1.54) is 12.8 Å². The van der Waals surface area contributed by atoms with Gasteiger partial charge in [-0.05, 0) is 0 Å². The van der Waals surface area contributed by atoms with E-state index in [4.69, 9.17) is 0 Å². The van der Waals surface area contributed by atoms with Crippen LogP contribution in [0, 0.1) is 0 Å². The molecule has 0 unspecified atom stereocenters. The van der Waals surface area contributed by atoms with Gasteiger partial charge in [0.1, 0.15) is 0 Å². The molecule has 1 rings (SSSR count). The lowest BCUT2D eigenvalue weighted by Crippen LogP contribution is -2.86. The van der Waals surface area contributed by atoms with Crippen molar-refractivity contribution in [2.24, 2.45) is 0 Å². The number of hydrogen-bond acceptors (Lipinski definition) is 2. The minimum Gasteiger partial charge on any atom is -0.550 e. The second-order valence-corrected chi connectivity index (χ2v) is 2.48. The van der Waals surface area contributed by atoms with Crippen LogP contribution in [0.1, 0.15) is 19.3 Å². The first-order valence-corrected chi connectivity index (χ1v) is 3.32. The minimum atomic E-state index is -0.938. The number of carbonyl (C=O) groups is 1. The van der Waals surface area contributed by atoms with Crippen molar-refractivity contribution >= 4 is 5.97 Å². The van der Waals surface area contributed by atoms with Gasteiger partial charge in [0.2, 0.25) is 0 Å². The van der Waals surface area contributed by atoms with Crippen molar-refractivity contribution in [2.75, 3.05) is 6.54 Å². The molecule has 0 aromatic heterocycles. The number of nitrogens with two attached hydrogens (primary N) is 1. The van der Waals surface area contributed by atoms with E-state index in [0.717, 1.165) is 6.04 Å². The molecule has 0 heterocycles. The Morgan fingerprint density at radius 3 is 2.78 bits per heavy atom. The molecule has 3 nitrogen and oxygen atoms in total. The van der Waals surface area contributed by atoms with Crippen molar-refractivity contribution in [3.8, 4) is 0 Å². The zero-order valence-corrected chi connectivity index (χ0v) is 5.30. The lowest BCUT2D eigenvalue weighted by atomic mass is 10.4. The third kappa shape index (κ3) is 3.08. The molecule has 52 valence electrons. The van der Waals surface area contributed by atoms with Gasteiger partial charge in [-0.2, -0.15) is 0 Å². The highest BCUT2D eigenvalue weighted by Gasteiger charge is 2.24. The quantitative estimate of drug-likeness (QED) is 0.470. The number of quaternary nitrogens is 1. The normalized spacial score (nSPS) is 17.8. The Morgan fingerprint density at radius 2 is 2.33 bits per heavy atom. The van der Waals surface area contributed by atoms with Crippen molar-refractivity contribution in [1.29, 1.82) is 0 Å². The van der Waals surface area contributed by atoms with Crippen LogP contribution >= 0.6 is 0 Å². The van der Waals surface area contributed by atoms with Gasteiger partial charge in [-0.1, -0.05) is 0 Å². The molecule has 0 aromatic rings.